The first-order valence-electron chi connectivity index (χ1n) is 13.2. The fourth-order valence-electron chi connectivity index (χ4n) is 6.57. The maximum atomic E-state index is 13.5. The molecule has 1 amide bonds. The molecule has 1 aromatic heterocycles. The average molecular weight is 544 g/mol. The third-order valence-electron chi connectivity index (χ3n) is 8.27. The summed E-state index contributed by atoms with van der Waals surface area (Å²) in [6.07, 6.45) is 5.56. The lowest BCUT2D eigenvalue weighted by atomic mass is 9.49. The van der Waals surface area contributed by atoms with E-state index in [1.54, 1.807) is 19.4 Å². The fraction of sp³-hybridized carbons (Fsp3) is 0.323. The van der Waals surface area contributed by atoms with Crippen LogP contribution in [-0.2, 0) is 11.3 Å². The van der Waals surface area contributed by atoms with E-state index >= 15 is 0 Å². The van der Waals surface area contributed by atoms with Crippen LogP contribution in [0.25, 0.3) is 22.0 Å². The molecule has 0 aliphatic heterocycles. The number of nitrogens with zero attached hydrogens (tertiary/aromatic N) is 2. The highest BCUT2D eigenvalue weighted by Crippen LogP contribution is 2.59. The molecule has 2 aliphatic carbocycles. The van der Waals surface area contributed by atoms with Crippen LogP contribution in [0.5, 0.6) is 5.75 Å². The van der Waals surface area contributed by atoms with Gasteiger partial charge in [-0.05, 0) is 59.8 Å². The van der Waals surface area contributed by atoms with E-state index in [9.17, 15) is 9.59 Å². The van der Waals surface area contributed by atoms with Gasteiger partial charge in [-0.3, -0.25) is 14.3 Å². The Bertz CT molecular complexity index is 1530. The first kappa shape index (κ1) is 25.4. The van der Waals surface area contributed by atoms with E-state index in [-0.39, 0.29) is 29.7 Å². The van der Waals surface area contributed by atoms with Crippen molar-refractivity contribution in [2.24, 2.45) is 11.3 Å². The van der Waals surface area contributed by atoms with E-state index in [0.717, 1.165) is 42.4 Å². The summed E-state index contributed by atoms with van der Waals surface area (Å²) < 4.78 is 7.39. The van der Waals surface area contributed by atoms with Gasteiger partial charge in [0.2, 0.25) is 0 Å². The van der Waals surface area contributed by atoms with Gasteiger partial charge in [0.15, 0.2) is 0 Å². The van der Waals surface area contributed by atoms with Crippen molar-refractivity contribution in [3.8, 4) is 16.9 Å². The van der Waals surface area contributed by atoms with Gasteiger partial charge in [0.05, 0.1) is 41.3 Å². The highest BCUT2D eigenvalue weighted by Gasteiger charge is 2.53. The minimum Gasteiger partial charge on any atom is -0.494 e. The summed E-state index contributed by atoms with van der Waals surface area (Å²) in [6, 6.07) is 20.3. The Morgan fingerprint density at radius 1 is 1.08 bits per heavy atom. The Morgan fingerprint density at radius 3 is 2.44 bits per heavy atom. The van der Waals surface area contributed by atoms with Gasteiger partial charge in [-0.15, -0.1) is 0 Å². The minimum atomic E-state index is -0.733. The number of benzene rings is 3. The van der Waals surface area contributed by atoms with Crippen LogP contribution >= 0.6 is 11.6 Å². The first-order chi connectivity index (χ1) is 18.8. The van der Waals surface area contributed by atoms with Gasteiger partial charge < -0.3 is 15.2 Å². The van der Waals surface area contributed by atoms with Crippen molar-refractivity contribution in [1.29, 1.82) is 0 Å². The molecular weight excluding hydrogens is 514 g/mol. The Morgan fingerprint density at radius 2 is 1.77 bits per heavy atom. The van der Waals surface area contributed by atoms with Crippen LogP contribution in [0.15, 0.2) is 66.9 Å². The number of hydrogen-bond acceptors (Lipinski definition) is 4. The third kappa shape index (κ3) is 4.87. The molecule has 4 aromatic rings. The zero-order valence-electron chi connectivity index (χ0n) is 21.7. The number of carboxylic acid groups (broad SMARTS) is 1. The van der Waals surface area contributed by atoms with Crippen molar-refractivity contribution in [3.05, 3.63) is 83.0 Å². The van der Waals surface area contributed by atoms with Crippen molar-refractivity contribution < 1.29 is 19.4 Å². The van der Waals surface area contributed by atoms with Gasteiger partial charge in [-0.25, -0.2) is 0 Å². The van der Waals surface area contributed by atoms with Crippen molar-refractivity contribution in [1.82, 2.24) is 15.1 Å². The molecule has 200 valence electrons. The molecule has 8 heteroatoms. The second kappa shape index (κ2) is 10.0. The van der Waals surface area contributed by atoms with Crippen molar-refractivity contribution in [3.63, 3.8) is 0 Å². The summed E-state index contributed by atoms with van der Waals surface area (Å²) in [7, 11) is 1.56. The summed E-state index contributed by atoms with van der Waals surface area (Å²) in [5.41, 5.74) is 4.69. The van der Waals surface area contributed by atoms with E-state index in [1.165, 1.54) is 0 Å². The van der Waals surface area contributed by atoms with Gasteiger partial charge >= 0.3 is 5.97 Å². The van der Waals surface area contributed by atoms with Crippen LogP contribution < -0.4 is 10.1 Å². The van der Waals surface area contributed by atoms with Crippen LogP contribution in [0.2, 0.25) is 5.02 Å². The van der Waals surface area contributed by atoms with Crippen molar-refractivity contribution >= 4 is 34.4 Å². The van der Waals surface area contributed by atoms with E-state index in [0.29, 0.717) is 33.8 Å². The van der Waals surface area contributed by atoms with Gasteiger partial charge in [0.1, 0.15) is 5.75 Å². The van der Waals surface area contributed by atoms with Gasteiger partial charge in [-0.2, -0.15) is 5.10 Å². The maximum Gasteiger partial charge on any atom is 0.303 e. The second-order valence-corrected chi connectivity index (χ2v) is 11.4. The molecule has 2 aliphatic rings. The van der Waals surface area contributed by atoms with Gasteiger partial charge in [-0.1, -0.05) is 66.2 Å². The molecule has 39 heavy (non-hydrogen) atoms. The smallest absolute Gasteiger partial charge is 0.303 e. The summed E-state index contributed by atoms with van der Waals surface area (Å²) in [5.74, 6) is -0.166. The maximum absolute atomic E-state index is 13.5. The molecule has 0 unspecified atom stereocenters. The third-order valence-corrected chi connectivity index (χ3v) is 8.55. The summed E-state index contributed by atoms with van der Waals surface area (Å²) in [6.45, 7) is 0.487. The number of carbonyl (C=O) groups is 2. The number of hydrogen-bond donors (Lipinski definition) is 2. The fourth-order valence-corrected chi connectivity index (χ4v) is 6.86. The summed E-state index contributed by atoms with van der Waals surface area (Å²) in [5, 5.41) is 17.9. The molecule has 2 N–H and O–H groups in total. The van der Waals surface area contributed by atoms with Crippen LogP contribution in [0, 0.1) is 11.3 Å². The van der Waals surface area contributed by atoms with E-state index in [2.05, 4.69) is 46.8 Å². The highest BCUT2D eigenvalue weighted by atomic mass is 35.5. The van der Waals surface area contributed by atoms with Gasteiger partial charge in [0, 0.05) is 12.5 Å². The molecule has 6 rings (SSSR count). The molecule has 0 atom stereocenters. The number of carbonyl (C=O) groups excluding carboxylic acids is 1. The number of aromatic nitrogens is 2. The number of amides is 1. The molecule has 7 nitrogen and oxygen atoms in total. The lowest BCUT2D eigenvalue weighted by Crippen LogP contribution is -2.56. The minimum absolute atomic E-state index is 0.0705. The quantitative estimate of drug-likeness (QED) is 0.277. The zero-order valence-corrected chi connectivity index (χ0v) is 22.4. The van der Waals surface area contributed by atoms with Crippen LogP contribution in [0.1, 0.15) is 48.0 Å². The Kier molecular flexibility index (Phi) is 6.55. The SMILES string of the molecule is COc1c(Cl)cc(C(=O)NC2CC3(CC(CC(=O)O)C3)C2)c2c1cnn2Cc1ccc(-c2ccccc2)cc1. The number of halogens is 1. The van der Waals surface area contributed by atoms with E-state index in [4.69, 9.17) is 21.4 Å². The topological polar surface area (TPSA) is 93.4 Å². The molecule has 0 saturated heterocycles. The number of methoxy groups -OCH3 is 1. The normalized spacial score (nSPS) is 21.8. The predicted molar refractivity (Wildman–Crippen MR) is 150 cm³/mol. The van der Waals surface area contributed by atoms with E-state index < -0.39 is 5.97 Å². The Balaban J connectivity index is 1.21. The monoisotopic (exact) mass is 543 g/mol. The number of aliphatic carboxylic acids is 1. The molecule has 1 heterocycles. The Hall–Kier alpha value is -3.84. The molecule has 2 saturated carbocycles. The lowest BCUT2D eigenvalue weighted by molar-refractivity contribution is -0.142. The molecule has 3 aromatic carbocycles. The largest absolute Gasteiger partial charge is 0.494 e. The number of fused-ring (bicyclic) bond motifs is 1. The molecular formula is C31H30ClN3O4. The van der Waals surface area contributed by atoms with Gasteiger partial charge in [0.25, 0.3) is 5.91 Å². The van der Waals surface area contributed by atoms with Crippen LogP contribution in [-0.4, -0.2) is 39.9 Å². The number of ether oxygens (including phenoxy) is 1. The average Bonchev–Trinajstić information content (AvgIpc) is 3.29. The summed E-state index contributed by atoms with van der Waals surface area (Å²) >= 11 is 6.53. The second-order valence-electron chi connectivity index (χ2n) is 11.0. The standard InChI is InChI=1S/C31H30ClN3O4/c1-39-29-25-17-33-35(18-19-7-9-22(10-8-19)21-5-3-2-4-6-21)28(25)24(12-26(29)32)30(38)34-23-15-31(16-23)13-20(14-31)11-27(36)37/h2-10,12,17,20,23H,11,13-16,18H2,1H3,(H,34,38)(H,36,37). The Labute approximate surface area is 231 Å². The molecule has 1 spiro atoms. The first-order valence-corrected chi connectivity index (χ1v) is 13.6. The number of carboxylic acids is 1. The summed E-state index contributed by atoms with van der Waals surface area (Å²) in [4.78, 5) is 24.5. The van der Waals surface area contributed by atoms with Crippen molar-refractivity contribution in [2.75, 3.05) is 7.11 Å². The van der Waals surface area contributed by atoms with Crippen LogP contribution in [0.4, 0.5) is 0 Å². The van der Waals surface area contributed by atoms with Crippen LogP contribution in [0.3, 0.4) is 0 Å². The zero-order chi connectivity index (χ0) is 27.1. The molecule has 0 radical (unpaired) electrons. The lowest BCUT2D eigenvalue weighted by Gasteiger charge is -2.57. The molecule has 2 fully saturated rings. The highest BCUT2D eigenvalue weighted by molar-refractivity contribution is 6.34. The molecule has 0 bridgehead atoms. The number of nitrogens with one attached hydrogen (secondary N) is 1. The number of rotatable bonds is 8. The van der Waals surface area contributed by atoms with Crippen molar-refractivity contribution in [2.45, 2.75) is 44.7 Å². The predicted octanol–water partition coefficient (Wildman–Crippen LogP) is 6.18. The van der Waals surface area contributed by atoms with E-state index in [1.807, 2.05) is 22.9 Å².